The number of carbonyl (C=O) groups is 4. The summed E-state index contributed by atoms with van der Waals surface area (Å²) < 4.78 is 0. The molecule has 0 bridgehead atoms. The van der Waals surface area contributed by atoms with Gasteiger partial charge in [-0.15, -0.1) is 0 Å². The first-order valence-electron chi connectivity index (χ1n) is 8.46. The van der Waals surface area contributed by atoms with E-state index in [4.69, 9.17) is 32.5 Å². The van der Waals surface area contributed by atoms with Gasteiger partial charge in [0.25, 0.3) is 0 Å². The number of carbonyl (C=O) groups excluding carboxylic acids is 1. The number of primary amides is 1. The third kappa shape index (κ3) is 17.0. The molecule has 0 aromatic heterocycles. The summed E-state index contributed by atoms with van der Waals surface area (Å²) in [6.45, 7) is 7.51. The second-order valence-corrected chi connectivity index (χ2v) is 6.11. The summed E-state index contributed by atoms with van der Waals surface area (Å²) in [4.78, 5) is 40.2. The maximum absolute atomic E-state index is 10.2. The van der Waals surface area contributed by atoms with Crippen molar-refractivity contribution in [3.63, 3.8) is 0 Å². The van der Waals surface area contributed by atoms with Gasteiger partial charge in [-0.3, -0.25) is 19.2 Å². The van der Waals surface area contributed by atoms with Crippen molar-refractivity contribution < 1.29 is 34.5 Å². The largest absolute Gasteiger partial charge is 0.480 e. The number of nitrogens with two attached hydrogens (primary N) is 4. The van der Waals surface area contributed by atoms with Gasteiger partial charge in [0.05, 0.1) is 6.42 Å². The lowest BCUT2D eigenvalue weighted by Gasteiger charge is -2.11. The standard InChI is InChI=1S/2C6H13NO2.C4H8N2O3/c2*1-3-4(2)5(7)6(8)9;5-2(4(8)9)1-3(6)7/h2*4-5H,3,7H2,1-2H3,(H,8,9);2H,1,5H2,(H2,6,7)(H,8,9)/t2*4-,5-;2-/m000/s1. The van der Waals surface area contributed by atoms with Crippen LogP contribution in [0.4, 0.5) is 0 Å². The van der Waals surface area contributed by atoms with Gasteiger partial charge >= 0.3 is 17.9 Å². The Balaban J connectivity index is -0.000000320. The number of hydrogen-bond acceptors (Lipinski definition) is 7. The zero-order chi connectivity index (χ0) is 22.3. The third-order valence-corrected chi connectivity index (χ3v) is 3.82. The highest BCUT2D eigenvalue weighted by Crippen LogP contribution is 2.04. The summed E-state index contributed by atoms with van der Waals surface area (Å²) in [6.07, 6.45) is 1.32. The zero-order valence-corrected chi connectivity index (χ0v) is 16.3. The first-order valence-corrected chi connectivity index (χ1v) is 8.46. The van der Waals surface area contributed by atoms with E-state index >= 15 is 0 Å². The molecule has 160 valence electrons. The Morgan fingerprint density at radius 2 is 1.04 bits per heavy atom. The van der Waals surface area contributed by atoms with Gasteiger partial charge in [-0.2, -0.15) is 0 Å². The van der Waals surface area contributed by atoms with E-state index in [0.29, 0.717) is 0 Å². The average Bonchev–Trinajstić information content (AvgIpc) is 2.59. The van der Waals surface area contributed by atoms with Crippen molar-refractivity contribution in [1.29, 1.82) is 0 Å². The molecule has 0 aromatic rings. The molecule has 0 saturated heterocycles. The van der Waals surface area contributed by atoms with E-state index in [1.165, 1.54) is 0 Å². The predicted octanol–water partition coefficient (Wildman–Crippen LogP) is -0.837. The fourth-order valence-electron chi connectivity index (χ4n) is 1.30. The van der Waals surface area contributed by atoms with E-state index in [9.17, 15) is 19.2 Å². The van der Waals surface area contributed by atoms with E-state index in [1.54, 1.807) is 0 Å². The molecular formula is C16H34N4O7. The van der Waals surface area contributed by atoms with Crippen LogP contribution < -0.4 is 22.9 Å². The molecule has 11 heteroatoms. The van der Waals surface area contributed by atoms with Gasteiger partial charge in [-0.05, 0) is 11.8 Å². The zero-order valence-electron chi connectivity index (χ0n) is 16.3. The monoisotopic (exact) mass is 394 g/mol. The number of aliphatic carboxylic acids is 3. The Morgan fingerprint density at radius 1 is 0.741 bits per heavy atom. The van der Waals surface area contributed by atoms with Crippen molar-refractivity contribution in [2.45, 2.75) is 65.1 Å². The summed E-state index contributed by atoms with van der Waals surface area (Å²) >= 11 is 0. The van der Waals surface area contributed by atoms with Crippen LogP contribution in [0.15, 0.2) is 0 Å². The van der Waals surface area contributed by atoms with Gasteiger partial charge in [-0.1, -0.05) is 40.5 Å². The minimum atomic E-state index is -1.21. The highest BCUT2D eigenvalue weighted by atomic mass is 16.4. The van der Waals surface area contributed by atoms with Crippen LogP contribution in [0.5, 0.6) is 0 Å². The van der Waals surface area contributed by atoms with Crippen molar-refractivity contribution in [3.05, 3.63) is 0 Å². The molecule has 27 heavy (non-hydrogen) atoms. The van der Waals surface area contributed by atoms with Gasteiger partial charge in [0.1, 0.15) is 18.1 Å². The maximum atomic E-state index is 10.2. The van der Waals surface area contributed by atoms with Gasteiger partial charge < -0.3 is 38.3 Å². The molecule has 0 spiro atoms. The molecule has 0 unspecified atom stereocenters. The lowest BCUT2D eigenvalue weighted by molar-refractivity contribution is -0.140. The molecule has 0 radical (unpaired) electrons. The summed E-state index contributed by atoms with van der Waals surface area (Å²) in [5.74, 6) is -3.60. The van der Waals surface area contributed by atoms with E-state index in [2.05, 4.69) is 5.73 Å². The highest BCUT2D eigenvalue weighted by Gasteiger charge is 2.18. The van der Waals surface area contributed by atoms with E-state index in [0.717, 1.165) is 12.8 Å². The second kappa shape index (κ2) is 16.0. The Kier molecular flexibility index (Phi) is 17.5. The molecule has 0 aliphatic heterocycles. The third-order valence-electron chi connectivity index (χ3n) is 3.82. The molecule has 0 aromatic carbocycles. The summed E-state index contributed by atoms with van der Waals surface area (Å²) in [5.41, 5.74) is 20.1. The molecule has 5 atom stereocenters. The quantitative estimate of drug-likeness (QED) is 0.256. The average molecular weight is 394 g/mol. The normalized spacial score (nSPS) is 15.4. The van der Waals surface area contributed by atoms with Crippen molar-refractivity contribution in [1.82, 2.24) is 0 Å². The second-order valence-electron chi connectivity index (χ2n) is 6.11. The van der Waals surface area contributed by atoms with Gasteiger partial charge in [0, 0.05) is 0 Å². The summed E-state index contributed by atoms with van der Waals surface area (Å²) in [7, 11) is 0. The minimum absolute atomic E-state index is 0.0718. The lowest BCUT2D eigenvalue weighted by Crippen LogP contribution is -2.36. The van der Waals surface area contributed by atoms with Crippen molar-refractivity contribution in [2.75, 3.05) is 0 Å². The molecule has 0 aliphatic rings. The minimum Gasteiger partial charge on any atom is -0.480 e. The summed E-state index contributed by atoms with van der Waals surface area (Å²) in [5, 5.41) is 24.8. The molecule has 11 N–H and O–H groups in total. The van der Waals surface area contributed by atoms with Crippen LogP contribution in [0.2, 0.25) is 0 Å². The summed E-state index contributed by atoms with van der Waals surface area (Å²) in [6, 6.07) is -2.56. The Hall–Kier alpha value is -2.24. The number of rotatable bonds is 9. The number of carboxylic acid groups (broad SMARTS) is 3. The number of hydrogen-bond donors (Lipinski definition) is 7. The van der Waals surface area contributed by atoms with Crippen LogP contribution in [-0.4, -0.2) is 57.3 Å². The molecule has 0 rings (SSSR count). The van der Waals surface area contributed by atoms with Gasteiger partial charge in [0.15, 0.2) is 0 Å². The van der Waals surface area contributed by atoms with Gasteiger partial charge in [0.2, 0.25) is 5.91 Å². The van der Waals surface area contributed by atoms with E-state index < -0.39 is 41.9 Å². The van der Waals surface area contributed by atoms with Crippen LogP contribution in [0.1, 0.15) is 47.0 Å². The number of amides is 1. The van der Waals surface area contributed by atoms with Crippen molar-refractivity contribution in [2.24, 2.45) is 34.8 Å². The van der Waals surface area contributed by atoms with Crippen molar-refractivity contribution >= 4 is 23.8 Å². The fraction of sp³-hybridized carbons (Fsp3) is 0.750. The van der Waals surface area contributed by atoms with Crippen LogP contribution in [0, 0.1) is 11.8 Å². The van der Waals surface area contributed by atoms with Crippen LogP contribution in [-0.2, 0) is 19.2 Å². The van der Waals surface area contributed by atoms with Crippen LogP contribution in [0.3, 0.4) is 0 Å². The van der Waals surface area contributed by atoms with E-state index in [1.807, 2.05) is 27.7 Å². The first kappa shape index (κ1) is 29.5. The Morgan fingerprint density at radius 3 is 1.11 bits per heavy atom. The maximum Gasteiger partial charge on any atom is 0.321 e. The lowest BCUT2D eigenvalue weighted by atomic mass is 10.0. The predicted molar refractivity (Wildman–Crippen MR) is 99.6 cm³/mol. The molecular weight excluding hydrogens is 360 g/mol. The smallest absolute Gasteiger partial charge is 0.321 e. The molecule has 0 fully saturated rings. The first-order chi connectivity index (χ1) is 12.2. The molecule has 0 saturated carbocycles. The molecule has 1 amide bonds. The highest BCUT2D eigenvalue weighted by molar-refractivity contribution is 5.83. The molecule has 11 nitrogen and oxygen atoms in total. The molecule has 0 aliphatic carbocycles. The van der Waals surface area contributed by atoms with Gasteiger partial charge in [-0.25, -0.2) is 0 Å². The molecule has 0 heterocycles. The van der Waals surface area contributed by atoms with Crippen LogP contribution in [0.25, 0.3) is 0 Å². The Bertz CT molecular complexity index is 448. The Labute approximate surface area is 159 Å². The number of carboxylic acids is 3. The van der Waals surface area contributed by atoms with Crippen molar-refractivity contribution in [3.8, 4) is 0 Å². The SMILES string of the molecule is CC[C@H](C)[C@H](N)C(=O)O.CC[C@H](C)[C@H](N)C(=O)O.NC(=O)C[C@H](N)C(=O)O. The van der Waals surface area contributed by atoms with E-state index in [-0.39, 0.29) is 18.3 Å². The fourth-order valence-corrected chi connectivity index (χ4v) is 1.30. The van der Waals surface area contributed by atoms with Crippen LogP contribution >= 0.6 is 0 Å². The topological polar surface area (TPSA) is 233 Å².